The number of hydrogen-bond donors (Lipinski definition) is 2. The first-order valence-electron chi connectivity index (χ1n) is 11.3. The summed E-state index contributed by atoms with van der Waals surface area (Å²) < 4.78 is 6.15. The lowest BCUT2D eigenvalue weighted by atomic mass is 9.98. The molecule has 0 radical (unpaired) electrons. The molecule has 0 amide bonds. The quantitative estimate of drug-likeness (QED) is 0.318. The maximum atomic E-state index is 12.1. The van der Waals surface area contributed by atoms with Crippen LogP contribution in [0.3, 0.4) is 0 Å². The van der Waals surface area contributed by atoms with Gasteiger partial charge in [0.15, 0.2) is 0 Å². The number of pyridine rings is 1. The lowest BCUT2D eigenvalue weighted by Crippen LogP contribution is -2.13. The van der Waals surface area contributed by atoms with E-state index in [9.17, 15) is 9.90 Å². The molecule has 0 unspecified atom stereocenters. The molecule has 2 aromatic heterocycles. The van der Waals surface area contributed by atoms with Crippen molar-refractivity contribution in [1.82, 2.24) is 25.6 Å². The molecule has 9 heteroatoms. The van der Waals surface area contributed by atoms with Gasteiger partial charge in [0.1, 0.15) is 17.9 Å². The van der Waals surface area contributed by atoms with Crippen molar-refractivity contribution in [1.29, 1.82) is 0 Å². The molecule has 182 valence electrons. The van der Waals surface area contributed by atoms with Crippen LogP contribution in [-0.4, -0.2) is 36.7 Å². The molecule has 4 rings (SSSR count). The number of hydrogen-bond acceptors (Lipinski definition) is 6. The monoisotopic (exact) mass is 493 g/mol. The molecular weight excluding hydrogens is 466 g/mol. The average Bonchev–Trinajstić information content (AvgIpc) is 3.38. The third kappa shape index (κ3) is 5.49. The zero-order valence-corrected chi connectivity index (χ0v) is 20.7. The number of aromatic amines is 1. The highest BCUT2D eigenvalue weighted by molar-refractivity contribution is 5.93. The number of nitrogens with one attached hydrogen (secondary N) is 1. The predicted octanol–water partition coefficient (Wildman–Crippen LogP) is 5.45. The van der Waals surface area contributed by atoms with Gasteiger partial charge >= 0.3 is 5.97 Å². The maximum absolute atomic E-state index is 12.1. The van der Waals surface area contributed by atoms with E-state index in [1.165, 1.54) is 0 Å². The standard InChI is InChI=1S/C26H27N5O3.ClH/c1-4-8-22-23(26(32)33)24(19(5-2)16(3)27-22)34-15-17-11-13-18(14-12-17)20-9-6-7-10-21(20)25-28-30-31-29-25;/h6-7,9-14H,4-5,8,15H2,1-3H3,(H,32,33)(H,28,29,30,31);1H. The summed E-state index contributed by atoms with van der Waals surface area (Å²) in [5.41, 5.74) is 6.23. The number of tetrazole rings is 1. The van der Waals surface area contributed by atoms with Crippen LogP contribution in [0, 0.1) is 6.92 Å². The van der Waals surface area contributed by atoms with Crippen LogP contribution < -0.4 is 4.74 Å². The number of aromatic carboxylic acids is 1. The van der Waals surface area contributed by atoms with E-state index in [-0.39, 0.29) is 24.6 Å². The Hall–Kier alpha value is -3.78. The lowest BCUT2D eigenvalue weighted by Gasteiger charge is -2.18. The molecule has 2 heterocycles. The molecular formula is C26H28ClN5O3. The highest BCUT2D eigenvalue weighted by atomic mass is 35.5. The summed E-state index contributed by atoms with van der Waals surface area (Å²) in [6.07, 6.45) is 2.05. The Labute approximate surface area is 210 Å². The number of carboxylic acids is 1. The normalized spacial score (nSPS) is 10.6. The van der Waals surface area contributed by atoms with Gasteiger partial charge in [0.05, 0.1) is 5.69 Å². The number of aromatic nitrogens is 5. The van der Waals surface area contributed by atoms with Gasteiger partial charge in [-0.2, -0.15) is 5.21 Å². The second-order valence-corrected chi connectivity index (χ2v) is 8.00. The third-order valence-electron chi connectivity index (χ3n) is 5.74. The molecule has 0 atom stereocenters. The summed E-state index contributed by atoms with van der Waals surface area (Å²) in [4.78, 5) is 16.7. The topological polar surface area (TPSA) is 114 Å². The fourth-order valence-electron chi connectivity index (χ4n) is 4.13. The molecule has 0 saturated heterocycles. The number of halogens is 1. The Morgan fingerprint density at radius 1 is 1.06 bits per heavy atom. The number of carboxylic acid groups (broad SMARTS) is 1. The molecule has 2 aromatic carbocycles. The van der Waals surface area contributed by atoms with E-state index in [4.69, 9.17) is 4.74 Å². The van der Waals surface area contributed by atoms with Crippen LogP contribution in [0.15, 0.2) is 48.5 Å². The number of ether oxygens (including phenoxy) is 1. The summed E-state index contributed by atoms with van der Waals surface area (Å²) in [5.74, 6) is -0.0428. The van der Waals surface area contributed by atoms with Crippen molar-refractivity contribution in [3.8, 4) is 28.3 Å². The van der Waals surface area contributed by atoms with Gasteiger partial charge in [-0.25, -0.2) is 4.79 Å². The number of nitrogens with zero attached hydrogens (tertiary/aromatic N) is 4. The summed E-state index contributed by atoms with van der Waals surface area (Å²) in [6.45, 7) is 6.16. The van der Waals surface area contributed by atoms with Crippen LogP contribution in [-0.2, 0) is 19.4 Å². The summed E-state index contributed by atoms with van der Waals surface area (Å²) in [6, 6.07) is 15.9. The molecule has 0 saturated carbocycles. The van der Waals surface area contributed by atoms with Crippen molar-refractivity contribution in [2.75, 3.05) is 0 Å². The van der Waals surface area contributed by atoms with E-state index >= 15 is 0 Å². The van der Waals surface area contributed by atoms with Crippen molar-refractivity contribution < 1.29 is 14.6 Å². The van der Waals surface area contributed by atoms with Gasteiger partial charge in [-0.3, -0.25) is 4.98 Å². The van der Waals surface area contributed by atoms with E-state index in [2.05, 4.69) is 25.6 Å². The van der Waals surface area contributed by atoms with Gasteiger partial charge in [0.2, 0.25) is 5.82 Å². The first kappa shape index (κ1) is 25.8. The SMILES string of the molecule is CCCc1nc(C)c(CC)c(OCc2ccc(-c3ccccc3-c3nn[nH]n3)cc2)c1C(=O)O.Cl. The smallest absolute Gasteiger partial charge is 0.341 e. The van der Waals surface area contributed by atoms with Gasteiger partial charge < -0.3 is 9.84 Å². The molecule has 35 heavy (non-hydrogen) atoms. The number of H-pyrrole nitrogens is 1. The minimum absolute atomic E-state index is 0. The van der Waals surface area contributed by atoms with Crippen LogP contribution in [0.4, 0.5) is 0 Å². The van der Waals surface area contributed by atoms with Crippen molar-refractivity contribution in [2.45, 2.75) is 46.6 Å². The number of benzene rings is 2. The highest BCUT2D eigenvalue weighted by Crippen LogP contribution is 2.32. The molecule has 4 aromatic rings. The lowest BCUT2D eigenvalue weighted by molar-refractivity contribution is 0.0689. The first-order chi connectivity index (χ1) is 16.5. The Bertz CT molecular complexity index is 1290. The fraction of sp³-hybridized carbons (Fsp3) is 0.269. The molecule has 0 bridgehead atoms. The molecule has 0 aliphatic heterocycles. The van der Waals surface area contributed by atoms with E-state index in [1.807, 2.05) is 69.3 Å². The molecule has 0 spiro atoms. The Kier molecular flexibility index (Phi) is 8.54. The molecule has 8 nitrogen and oxygen atoms in total. The Morgan fingerprint density at radius 3 is 2.37 bits per heavy atom. The summed E-state index contributed by atoms with van der Waals surface area (Å²) >= 11 is 0. The van der Waals surface area contributed by atoms with Crippen LogP contribution in [0.5, 0.6) is 5.75 Å². The van der Waals surface area contributed by atoms with Gasteiger partial charge in [0.25, 0.3) is 0 Å². The maximum Gasteiger partial charge on any atom is 0.341 e. The number of aryl methyl sites for hydroxylation is 2. The van der Waals surface area contributed by atoms with Gasteiger partial charge in [-0.05, 0) is 41.7 Å². The first-order valence-corrected chi connectivity index (χ1v) is 11.3. The molecule has 0 aliphatic rings. The minimum atomic E-state index is -1.01. The Balaban J connectivity index is 0.00000342. The second kappa shape index (κ2) is 11.6. The number of rotatable bonds is 9. The number of carbonyl (C=O) groups is 1. The van der Waals surface area contributed by atoms with Gasteiger partial charge in [-0.1, -0.05) is 68.8 Å². The van der Waals surface area contributed by atoms with E-state index in [0.29, 0.717) is 30.1 Å². The molecule has 2 N–H and O–H groups in total. The van der Waals surface area contributed by atoms with Crippen LogP contribution in [0.1, 0.15) is 53.1 Å². The van der Waals surface area contributed by atoms with Crippen LogP contribution in [0.2, 0.25) is 0 Å². The summed E-state index contributed by atoms with van der Waals surface area (Å²) in [5, 5.41) is 24.3. The third-order valence-corrected chi connectivity index (χ3v) is 5.74. The van der Waals surface area contributed by atoms with Crippen molar-refractivity contribution >= 4 is 18.4 Å². The van der Waals surface area contributed by atoms with Crippen molar-refractivity contribution in [3.63, 3.8) is 0 Å². The fourth-order valence-corrected chi connectivity index (χ4v) is 4.13. The van der Waals surface area contributed by atoms with Crippen molar-refractivity contribution in [2.24, 2.45) is 0 Å². The van der Waals surface area contributed by atoms with E-state index in [1.54, 1.807) is 0 Å². The van der Waals surface area contributed by atoms with E-state index in [0.717, 1.165) is 39.9 Å². The molecule has 0 fully saturated rings. The van der Waals surface area contributed by atoms with Gasteiger partial charge in [0, 0.05) is 16.8 Å². The molecule has 0 aliphatic carbocycles. The zero-order valence-electron chi connectivity index (χ0n) is 19.9. The highest BCUT2D eigenvalue weighted by Gasteiger charge is 2.23. The van der Waals surface area contributed by atoms with Crippen LogP contribution >= 0.6 is 12.4 Å². The Morgan fingerprint density at radius 2 is 1.77 bits per heavy atom. The second-order valence-electron chi connectivity index (χ2n) is 8.00. The van der Waals surface area contributed by atoms with Crippen LogP contribution in [0.25, 0.3) is 22.5 Å². The predicted molar refractivity (Wildman–Crippen MR) is 136 cm³/mol. The van der Waals surface area contributed by atoms with Crippen molar-refractivity contribution in [3.05, 3.63) is 76.6 Å². The van der Waals surface area contributed by atoms with Gasteiger partial charge in [-0.15, -0.1) is 22.6 Å². The van der Waals surface area contributed by atoms with E-state index < -0.39 is 5.97 Å². The average molecular weight is 494 g/mol. The summed E-state index contributed by atoms with van der Waals surface area (Å²) in [7, 11) is 0. The zero-order chi connectivity index (χ0) is 24.1. The largest absolute Gasteiger partial charge is 0.488 e. The minimum Gasteiger partial charge on any atom is -0.488 e.